The van der Waals surface area contributed by atoms with E-state index in [1.807, 2.05) is 13.0 Å². The van der Waals surface area contributed by atoms with Gasteiger partial charge in [0.2, 0.25) is 11.8 Å². The zero-order valence-electron chi connectivity index (χ0n) is 15.3. The van der Waals surface area contributed by atoms with Gasteiger partial charge in [-0.05, 0) is 43.5 Å². The predicted octanol–water partition coefficient (Wildman–Crippen LogP) is 3.95. The molecule has 2 atom stereocenters. The van der Waals surface area contributed by atoms with Crippen molar-refractivity contribution in [2.75, 3.05) is 5.32 Å². The van der Waals surface area contributed by atoms with Gasteiger partial charge >= 0.3 is 0 Å². The molecular formula is C20H24ClN3O3. The van der Waals surface area contributed by atoms with Gasteiger partial charge in [-0.3, -0.25) is 9.59 Å². The molecule has 7 heteroatoms. The van der Waals surface area contributed by atoms with Crippen LogP contribution < -0.4 is 10.6 Å². The maximum absolute atomic E-state index is 12.7. The zero-order valence-corrected chi connectivity index (χ0v) is 16.1. The van der Waals surface area contributed by atoms with Gasteiger partial charge in [0.25, 0.3) is 0 Å². The first-order valence-electron chi connectivity index (χ1n) is 9.35. The molecule has 0 saturated heterocycles. The number of hydrogen-bond donors (Lipinski definition) is 2. The van der Waals surface area contributed by atoms with Crippen molar-refractivity contribution in [3.8, 4) is 0 Å². The number of aryl methyl sites for hydroxylation is 1. The highest BCUT2D eigenvalue weighted by molar-refractivity contribution is 6.30. The molecule has 2 aromatic rings. The fraction of sp³-hybridized carbons (Fsp3) is 0.450. The van der Waals surface area contributed by atoms with Crippen LogP contribution in [-0.4, -0.2) is 17.0 Å². The minimum absolute atomic E-state index is 0.111. The summed E-state index contributed by atoms with van der Waals surface area (Å²) in [5.41, 5.74) is 1.54. The Labute approximate surface area is 163 Å². The normalized spacial score (nSPS) is 19.5. The fourth-order valence-electron chi connectivity index (χ4n) is 3.44. The minimum Gasteiger partial charge on any atom is -0.359 e. The molecule has 0 unspecified atom stereocenters. The first-order chi connectivity index (χ1) is 13.1. The molecule has 0 spiro atoms. The van der Waals surface area contributed by atoms with E-state index in [2.05, 4.69) is 15.8 Å². The number of benzene rings is 1. The highest BCUT2D eigenvalue weighted by atomic mass is 35.5. The second kappa shape index (κ2) is 9.04. The quantitative estimate of drug-likeness (QED) is 0.783. The van der Waals surface area contributed by atoms with Crippen molar-refractivity contribution in [3.63, 3.8) is 0 Å². The van der Waals surface area contributed by atoms with Crippen molar-refractivity contribution in [2.45, 2.75) is 45.6 Å². The van der Waals surface area contributed by atoms with Gasteiger partial charge in [0.1, 0.15) is 0 Å². The number of nitrogens with one attached hydrogen (secondary N) is 2. The maximum Gasteiger partial charge on any atom is 0.228 e. The molecule has 0 aliphatic heterocycles. The van der Waals surface area contributed by atoms with E-state index in [0.29, 0.717) is 29.3 Å². The molecule has 3 rings (SSSR count). The third-order valence-electron chi connectivity index (χ3n) is 4.96. The highest BCUT2D eigenvalue weighted by Crippen LogP contribution is 2.31. The van der Waals surface area contributed by atoms with Gasteiger partial charge in [-0.25, -0.2) is 0 Å². The number of rotatable bonds is 6. The van der Waals surface area contributed by atoms with Crippen LogP contribution in [0.15, 0.2) is 34.9 Å². The van der Waals surface area contributed by atoms with Crippen LogP contribution in [0.1, 0.15) is 44.1 Å². The van der Waals surface area contributed by atoms with Crippen LogP contribution in [0, 0.1) is 11.8 Å². The Balaban J connectivity index is 1.60. The van der Waals surface area contributed by atoms with E-state index in [4.69, 9.17) is 16.1 Å². The molecule has 1 aliphatic carbocycles. The molecule has 2 N–H and O–H groups in total. The number of carbonyl (C=O) groups excluding carboxylic acids is 2. The van der Waals surface area contributed by atoms with E-state index in [-0.39, 0.29) is 30.2 Å². The summed E-state index contributed by atoms with van der Waals surface area (Å²) in [6.45, 7) is 2.28. The lowest BCUT2D eigenvalue weighted by molar-refractivity contribution is -0.134. The third kappa shape index (κ3) is 5.10. The lowest BCUT2D eigenvalue weighted by Crippen LogP contribution is -2.41. The number of carbonyl (C=O) groups is 2. The molecule has 0 radical (unpaired) electrons. The third-order valence-corrected chi connectivity index (χ3v) is 5.21. The first-order valence-corrected chi connectivity index (χ1v) is 9.73. The van der Waals surface area contributed by atoms with Crippen molar-refractivity contribution in [1.82, 2.24) is 10.5 Å². The number of nitrogens with zero attached hydrogens (tertiary/aromatic N) is 1. The number of anilines is 1. The van der Waals surface area contributed by atoms with Crippen LogP contribution in [0.5, 0.6) is 0 Å². The lowest BCUT2D eigenvalue weighted by atomic mass is 9.78. The summed E-state index contributed by atoms with van der Waals surface area (Å²) in [4.78, 5) is 25.4. The zero-order chi connectivity index (χ0) is 19.2. The summed E-state index contributed by atoms with van der Waals surface area (Å²) in [6, 6.07) is 8.81. The Morgan fingerprint density at radius 2 is 1.81 bits per heavy atom. The molecule has 1 heterocycles. The molecule has 144 valence electrons. The van der Waals surface area contributed by atoms with Crippen LogP contribution in [-0.2, 0) is 22.6 Å². The van der Waals surface area contributed by atoms with Crippen LogP contribution in [0.3, 0.4) is 0 Å². The monoisotopic (exact) mass is 389 g/mol. The fourth-order valence-corrected chi connectivity index (χ4v) is 3.56. The molecule has 1 fully saturated rings. The van der Waals surface area contributed by atoms with Gasteiger partial charge in [-0.2, -0.15) is 0 Å². The van der Waals surface area contributed by atoms with Gasteiger partial charge in [-0.1, -0.05) is 36.5 Å². The smallest absolute Gasteiger partial charge is 0.228 e. The highest BCUT2D eigenvalue weighted by Gasteiger charge is 2.35. The number of halogens is 1. The molecule has 1 aromatic heterocycles. The van der Waals surface area contributed by atoms with Crippen LogP contribution in [0.4, 0.5) is 5.69 Å². The van der Waals surface area contributed by atoms with Gasteiger partial charge < -0.3 is 15.2 Å². The van der Waals surface area contributed by atoms with Gasteiger partial charge in [0.05, 0.1) is 12.2 Å². The SMILES string of the molecule is CCc1cc(CNC(=O)[C@H]2CCCC[C@H]2C(=O)Nc2ccc(Cl)cc2)on1. The van der Waals surface area contributed by atoms with E-state index in [1.165, 1.54) is 0 Å². The van der Waals surface area contributed by atoms with Crippen molar-refractivity contribution in [2.24, 2.45) is 11.8 Å². The number of hydrogen-bond acceptors (Lipinski definition) is 4. The molecule has 2 amide bonds. The molecule has 1 saturated carbocycles. The Hall–Kier alpha value is -2.34. The summed E-state index contributed by atoms with van der Waals surface area (Å²) in [5, 5.41) is 10.3. The first kappa shape index (κ1) is 19.4. The largest absolute Gasteiger partial charge is 0.359 e. The van der Waals surface area contributed by atoms with E-state index in [9.17, 15) is 9.59 Å². The summed E-state index contributed by atoms with van der Waals surface area (Å²) >= 11 is 5.88. The summed E-state index contributed by atoms with van der Waals surface area (Å²) in [7, 11) is 0. The molecular weight excluding hydrogens is 366 g/mol. The van der Waals surface area contributed by atoms with E-state index >= 15 is 0 Å². The van der Waals surface area contributed by atoms with E-state index in [0.717, 1.165) is 25.0 Å². The molecule has 1 aromatic carbocycles. The number of aromatic nitrogens is 1. The average molecular weight is 390 g/mol. The summed E-state index contributed by atoms with van der Waals surface area (Å²) in [5.74, 6) is -0.279. The minimum atomic E-state index is -0.338. The van der Waals surface area contributed by atoms with Crippen LogP contribution in [0.2, 0.25) is 5.02 Å². The topological polar surface area (TPSA) is 84.2 Å². The Morgan fingerprint density at radius 3 is 2.44 bits per heavy atom. The number of amides is 2. The average Bonchev–Trinajstić information content (AvgIpc) is 3.16. The molecule has 27 heavy (non-hydrogen) atoms. The van der Waals surface area contributed by atoms with Gasteiger partial charge in [-0.15, -0.1) is 0 Å². The van der Waals surface area contributed by atoms with Crippen LogP contribution >= 0.6 is 11.6 Å². The maximum atomic E-state index is 12.7. The Kier molecular flexibility index (Phi) is 6.50. The Morgan fingerprint density at radius 1 is 1.15 bits per heavy atom. The molecule has 1 aliphatic rings. The summed E-state index contributed by atoms with van der Waals surface area (Å²) in [6.07, 6.45) is 4.10. The second-order valence-corrected chi connectivity index (χ2v) is 7.29. The van der Waals surface area contributed by atoms with Crippen molar-refractivity contribution in [3.05, 3.63) is 46.8 Å². The van der Waals surface area contributed by atoms with Gasteiger partial charge in [0.15, 0.2) is 5.76 Å². The second-order valence-electron chi connectivity index (χ2n) is 6.85. The van der Waals surface area contributed by atoms with Gasteiger partial charge in [0, 0.05) is 28.6 Å². The van der Waals surface area contributed by atoms with Crippen LogP contribution in [0.25, 0.3) is 0 Å². The Bertz CT molecular complexity index is 788. The summed E-state index contributed by atoms with van der Waals surface area (Å²) < 4.78 is 5.20. The van der Waals surface area contributed by atoms with Crippen molar-refractivity contribution < 1.29 is 14.1 Å². The van der Waals surface area contributed by atoms with E-state index in [1.54, 1.807) is 24.3 Å². The van der Waals surface area contributed by atoms with Crippen molar-refractivity contribution in [1.29, 1.82) is 0 Å². The lowest BCUT2D eigenvalue weighted by Gasteiger charge is -2.29. The van der Waals surface area contributed by atoms with E-state index < -0.39 is 0 Å². The predicted molar refractivity (Wildman–Crippen MR) is 103 cm³/mol. The molecule has 0 bridgehead atoms. The van der Waals surface area contributed by atoms with Crippen molar-refractivity contribution >= 4 is 29.1 Å². The standard InChI is InChI=1S/C20H24ClN3O3/c1-2-14-11-16(27-24-14)12-22-19(25)17-5-3-4-6-18(17)20(26)23-15-9-7-13(21)8-10-15/h7-11,17-18H,2-6,12H2,1H3,(H,22,25)(H,23,26)/t17-,18+/m0/s1. The molecule has 6 nitrogen and oxygen atoms in total.